The van der Waals surface area contributed by atoms with Crippen molar-refractivity contribution in [2.24, 2.45) is 0 Å². The van der Waals surface area contributed by atoms with E-state index in [0.717, 1.165) is 12.8 Å². The Kier molecular flexibility index (Phi) is 41.5. The SMILES string of the molecule is CCCC/C=C\CCCCCCCC/C=C\CCO.CCCC/C=C\CCCCCCCC/C=C\CCO. The van der Waals surface area contributed by atoms with E-state index in [1.54, 1.807) is 0 Å². The van der Waals surface area contributed by atoms with E-state index in [9.17, 15) is 0 Å². The molecule has 0 aromatic rings. The largest absolute Gasteiger partial charge is 0.396 e. The van der Waals surface area contributed by atoms with Gasteiger partial charge in [-0.15, -0.1) is 0 Å². The molecule has 0 bridgehead atoms. The molecular weight excluding hydrogens is 464 g/mol. The first kappa shape index (κ1) is 39.0. The summed E-state index contributed by atoms with van der Waals surface area (Å²) in [6.07, 6.45) is 48.7. The summed E-state index contributed by atoms with van der Waals surface area (Å²) in [6.45, 7) is 5.05. The zero-order valence-electron chi connectivity index (χ0n) is 25.9. The number of hydrogen-bond donors (Lipinski definition) is 2. The first-order valence-electron chi connectivity index (χ1n) is 16.6. The van der Waals surface area contributed by atoms with Gasteiger partial charge in [0.25, 0.3) is 0 Å². The Morgan fingerprint density at radius 1 is 0.289 bits per heavy atom. The van der Waals surface area contributed by atoms with Gasteiger partial charge in [0.15, 0.2) is 0 Å². The summed E-state index contributed by atoms with van der Waals surface area (Å²) in [6, 6.07) is 0. The molecule has 0 saturated heterocycles. The van der Waals surface area contributed by atoms with Crippen molar-refractivity contribution in [3.05, 3.63) is 48.6 Å². The van der Waals surface area contributed by atoms with E-state index in [-0.39, 0.29) is 13.2 Å². The molecule has 0 unspecified atom stereocenters. The van der Waals surface area contributed by atoms with Crippen LogP contribution < -0.4 is 0 Å². The lowest BCUT2D eigenvalue weighted by Crippen LogP contribution is -1.80. The van der Waals surface area contributed by atoms with E-state index in [0.29, 0.717) is 0 Å². The monoisotopic (exact) mass is 533 g/mol. The summed E-state index contributed by atoms with van der Waals surface area (Å²) < 4.78 is 0. The van der Waals surface area contributed by atoms with Gasteiger partial charge in [0.05, 0.1) is 0 Å². The predicted octanol–water partition coefficient (Wildman–Crippen LogP) is 11.6. The van der Waals surface area contributed by atoms with Crippen LogP contribution >= 0.6 is 0 Å². The molecule has 0 aliphatic heterocycles. The van der Waals surface area contributed by atoms with Gasteiger partial charge < -0.3 is 10.2 Å². The summed E-state index contributed by atoms with van der Waals surface area (Å²) in [7, 11) is 0. The van der Waals surface area contributed by atoms with Gasteiger partial charge >= 0.3 is 0 Å². The van der Waals surface area contributed by atoms with Crippen molar-refractivity contribution < 1.29 is 10.2 Å². The molecule has 0 amide bonds. The van der Waals surface area contributed by atoms with Crippen molar-refractivity contribution in [2.75, 3.05) is 13.2 Å². The second-order valence-corrected chi connectivity index (χ2v) is 10.6. The number of allylic oxidation sites excluding steroid dienone is 6. The second kappa shape index (κ2) is 40.4. The molecule has 0 aromatic heterocycles. The van der Waals surface area contributed by atoms with Gasteiger partial charge in [0, 0.05) is 13.2 Å². The molecule has 0 aliphatic carbocycles. The molecule has 2 heteroatoms. The molecule has 0 fully saturated rings. The zero-order chi connectivity index (χ0) is 28.0. The molecule has 0 saturated carbocycles. The minimum absolute atomic E-state index is 0.281. The average molecular weight is 533 g/mol. The third-order valence-corrected chi connectivity index (χ3v) is 6.69. The molecular formula is C36H68O2. The molecule has 0 aromatic carbocycles. The lowest BCUT2D eigenvalue weighted by molar-refractivity contribution is 0.302. The fourth-order valence-corrected chi connectivity index (χ4v) is 4.20. The predicted molar refractivity (Wildman–Crippen MR) is 173 cm³/mol. The lowest BCUT2D eigenvalue weighted by atomic mass is 10.1. The molecule has 2 N–H and O–H groups in total. The smallest absolute Gasteiger partial charge is 0.0465 e. The van der Waals surface area contributed by atoms with Crippen LogP contribution in [0.25, 0.3) is 0 Å². The van der Waals surface area contributed by atoms with Crippen LogP contribution in [0.1, 0.15) is 168 Å². The average Bonchev–Trinajstić information content (AvgIpc) is 2.93. The van der Waals surface area contributed by atoms with Gasteiger partial charge in [0.2, 0.25) is 0 Å². The molecule has 0 rings (SSSR count). The first-order chi connectivity index (χ1) is 18.8. The van der Waals surface area contributed by atoms with E-state index in [1.807, 2.05) is 0 Å². The highest BCUT2D eigenvalue weighted by molar-refractivity contribution is 4.83. The fraction of sp³-hybridized carbons (Fsp3) is 0.778. The minimum Gasteiger partial charge on any atom is -0.396 e. The Hall–Kier alpha value is -1.12. The number of aliphatic hydroxyl groups is 2. The molecule has 2 nitrogen and oxygen atoms in total. The van der Waals surface area contributed by atoms with Crippen molar-refractivity contribution in [1.29, 1.82) is 0 Å². The van der Waals surface area contributed by atoms with Crippen LogP contribution in [0.3, 0.4) is 0 Å². The van der Waals surface area contributed by atoms with Crippen LogP contribution in [0.5, 0.6) is 0 Å². The molecule has 0 spiro atoms. The van der Waals surface area contributed by atoms with Gasteiger partial charge in [0.1, 0.15) is 0 Å². The number of hydrogen-bond acceptors (Lipinski definition) is 2. The number of aliphatic hydroxyl groups excluding tert-OH is 2. The Balaban J connectivity index is 0. The highest BCUT2D eigenvalue weighted by Gasteiger charge is 1.91. The first-order valence-corrected chi connectivity index (χ1v) is 16.6. The molecule has 0 heterocycles. The highest BCUT2D eigenvalue weighted by Crippen LogP contribution is 2.11. The lowest BCUT2D eigenvalue weighted by Gasteiger charge is -1.99. The van der Waals surface area contributed by atoms with Crippen LogP contribution in [-0.2, 0) is 0 Å². The normalized spacial score (nSPS) is 11.9. The summed E-state index contributed by atoms with van der Waals surface area (Å²) >= 11 is 0. The number of rotatable bonds is 28. The fourth-order valence-electron chi connectivity index (χ4n) is 4.20. The van der Waals surface area contributed by atoms with Gasteiger partial charge in [-0.25, -0.2) is 0 Å². The van der Waals surface area contributed by atoms with Crippen LogP contribution in [0, 0.1) is 0 Å². The van der Waals surface area contributed by atoms with Crippen molar-refractivity contribution in [1.82, 2.24) is 0 Å². The second-order valence-electron chi connectivity index (χ2n) is 10.6. The summed E-state index contributed by atoms with van der Waals surface area (Å²) in [5.41, 5.74) is 0. The van der Waals surface area contributed by atoms with Crippen molar-refractivity contribution in [3.8, 4) is 0 Å². The van der Waals surface area contributed by atoms with Gasteiger partial charge in [-0.3, -0.25) is 0 Å². The van der Waals surface area contributed by atoms with Crippen LogP contribution in [0.2, 0.25) is 0 Å². The number of unbranched alkanes of at least 4 members (excludes halogenated alkanes) is 18. The van der Waals surface area contributed by atoms with Crippen molar-refractivity contribution >= 4 is 0 Å². The van der Waals surface area contributed by atoms with Crippen LogP contribution in [-0.4, -0.2) is 23.4 Å². The molecule has 0 radical (unpaired) electrons. The molecule has 224 valence electrons. The summed E-state index contributed by atoms with van der Waals surface area (Å²) in [5.74, 6) is 0. The maximum absolute atomic E-state index is 8.61. The molecule has 0 atom stereocenters. The minimum atomic E-state index is 0.281. The summed E-state index contributed by atoms with van der Waals surface area (Å²) in [5, 5.41) is 17.2. The van der Waals surface area contributed by atoms with E-state index < -0.39 is 0 Å². The highest BCUT2D eigenvalue weighted by atomic mass is 16.3. The molecule has 0 aliphatic rings. The van der Waals surface area contributed by atoms with Gasteiger partial charge in [-0.05, 0) is 77.0 Å². The quantitative estimate of drug-likeness (QED) is 0.0777. The third-order valence-electron chi connectivity index (χ3n) is 6.69. The summed E-state index contributed by atoms with van der Waals surface area (Å²) in [4.78, 5) is 0. The van der Waals surface area contributed by atoms with E-state index in [4.69, 9.17) is 10.2 Å². The topological polar surface area (TPSA) is 40.5 Å². The van der Waals surface area contributed by atoms with E-state index >= 15 is 0 Å². The Morgan fingerprint density at radius 3 is 0.737 bits per heavy atom. The Labute approximate surface area is 239 Å². The molecule has 38 heavy (non-hydrogen) atoms. The van der Waals surface area contributed by atoms with Crippen molar-refractivity contribution in [3.63, 3.8) is 0 Å². The van der Waals surface area contributed by atoms with Gasteiger partial charge in [-0.2, -0.15) is 0 Å². The van der Waals surface area contributed by atoms with Gasteiger partial charge in [-0.1, -0.05) is 140 Å². The van der Waals surface area contributed by atoms with E-state index in [1.165, 1.54) is 141 Å². The third kappa shape index (κ3) is 42.0. The maximum Gasteiger partial charge on any atom is 0.0465 e. The van der Waals surface area contributed by atoms with E-state index in [2.05, 4.69) is 62.5 Å². The van der Waals surface area contributed by atoms with Crippen LogP contribution in [0.15, 0.2) is 48.6 Å². The maximum atomic E-state index is 8.61. The Morgan fingerprint density at radius 2 is 0.500 bits per heavy atom. The Bertz CT molecular complexity index is 457. The standard InChI is InChI=1S/2C18H34O/c2*1-2-3-4-5-6-7-8-9-10-11-12-13-14-15-16-17-18-19/h2*5-6,15-16,19H,2-4,7-14,17-18H2,1H3/b2*6-5-,16-15-. The zero-order valence-corrected chi connectivity index (χ0v) is 25.9. The van der Waals surface area contributed by atoms with Crippen LogP contribution in [0.4, 0.5) is 0 Å². The van der Waals surface area contributed by atoms with Crippen molar-refractivity contribution in [2.45, 2.75) is 168 Å².